The molecule has 0 spiro atoms. The van der Waals surface area contributed by atoms with Crippen LogP contribution in [0.4, 0.5) is 0 Å². The highest BCUT2D eigenvalue weighted by Crippen LogP contribution is 2.28. The molecule has 0 fully saturated rings. The molecule has 0 bridgehead atoms. The van der Waals surface area contributed by atoms with Crippen LogP contribution in [0.2, 0.25) is 4.34 Å². The highest BCUT2D eigenvalue weighted by atomic mass is 35.5. The van der Waals surface area contributed by atoms with Crippen LogP contribution >= 0.6 is 22.9 Å². The van der Waals surface area contributed by atoms with Gasteiger partial charge >= 0.3 is 0 Å². The van der Waals surface area contributed by atoms with Gasteiger partial charge in [0.05, 0.1) is 16.3 Å². The van der Waals surface area contributed by atoms with Crippen LogP contribution in [0, 0.1) is 0 Å². The van der Waals surface area contributed by atoms with E-state index in [-0.39, 0.29) is 43.6 Å². The lowest BCUT2D eigenvalue weighted by Crippen LogP contribution is -2.28. The lowest BCUT2D eigenvalue weighted by molar-refractivity contribution is -0.123. The second-order valence-electron chi connectivity index (χ2n) is 6.03. The number of amides is 2. The standard InChI is InChI=1S/C20H23ClN2O5S/c1-3-22-20(26)12-28-15-6-4-13(10-16(15)27-2)11-23-19(25)9-5-14(24)17-7-8-18(21)29-17/h4,6-8,10H,3,5,9,11-12H2,1-2H3,(H,22,26)(H,23,25). The van der Waals surface area contributed by atoms with Gasteiger partial charge < -0.3 is 20.1 Å². The number of Topliss-reactive ketones (excluding diaryl/α,β-unsaturated/α-hetero) is 1. The van der Waals surface area contributed by atoms with E-state index in [1.165, 1.54) is 18.4 Å². The van der Waals surface area contributed by atoms with E-state index in [0.717, 1.165) is 5.56 Å². The molecule has 1 heterocycles. The van der Waals surface area contributed by atoms with Gasteiger partial charge in [-0.1, -0.05) is 17.7 Å². The topological polar surface area (TPSA) is 93.7 Å². The zero-order valence-electron chi connectivity index (χ0n) is 16.2. The number of rotatable bonds is 11. The lowest BCUT2D eigenvalue weighted by atomic mass is 10.1. The Bertz CT molecular complexity index is 868. The number of halogens is 1. The van der Waals surface area contributed by atoms with Crippen LogP contribution < -0.4 is 20.1 Å². The summed E-state index contributed by atoms with van der Waals surface area (Å²) in [7, 11) is 1.50. The van der Waals surface area contributed by atoms with Crippen LogP contribution in [0.25, 0.3) is 0 Å². The highest BCUT2D eigenvalue weighted by molar-refractivity contribution is 7.18. The lowest BCUT2D eigenvalue weighted by Gasteiger charge is -2.12. The van der Waals surface area contributed by atoms with Crippen molar-refractivity contribution >= 4 is 40.5 Å². The molecule has 9 heteroatoms. The van der Waals surface area contributed by atoms with Crippen molar-refractivity contribution in [3.8, 4) is 11.5 Å². The molecule has 0 aliphatic carbocycles. The Balaban J connectivity index is 1.82. The van der Waals surface area contributed by atoms with Crippen molar-refractivity contribution in [3.63, 3.8) is 0 Å². The van der Waals surface area contributed by atoms with E-state index in [2.05, 4.69) is 10.6 Å². The Kier molecular flexibility index (Phi) is 8.95. The van der Waals surface area contributed by atoms with Crippen molar-refractivity contribution in [2.24, 2.45) is 0 Å². The van der Waals surface area contributed by atoms with E-state index in [4.69, 9.17) is 21.1 Å². The molecular formula is C20H23ClN2O5S. The summed E-state index contributed by atoms with van der Waals surface area (Å²) in [6.45, 7) is 2.54. The molecule has 0 unspecified atom stereocenters. The van der Waals surface area contributed by atoms with Crippen molar-refractivity contribution in [1.82, 2.24) is 10.6 Å². The summed E-state index contributed by atoms with van der Waals surface area (Å²) in [6.07, 6.45) is 0.220. The number of nitrogens with one attached hydrogen (secondary N) is 2. The number of likely N-dealkylation sites (N-methyl/N-ethyl adjacent to an activating group) is 1. The minimum absolute atomic E-state index is 0.0965. The van der Waals surface area contributed by atoms with Gasteiger partial charge in [0.2, 0.25) is 5.91 Å². The average Bonchev–Trinajstić information content (AvgIpc) is 3.15. The summed E-state index contributed by atoms with van der Waals surface area (Å²) >= 11 is 7.02. The first-order valence-electron chi connectivity index (χ1n) is 9.04. The van der Waals surface area contributed by atoms with Crippen molar-refractivity contribution in [3.05, 3.63) is 45.1 Å². The third-order valence-corrected chi connectivity index (χ3v) is 5.15. The first kappa shape index (κ1) is 22.7. The molecule has 1 aromatic heterocycles. The molecule has 2 N–H and O–H groups in total. The molecule has 1 aromatic carbocycles. The van der Waals surface area contributed by atoms with Gasteiger partial charge in [0.15, 0.2) is 23.9 Å². The second kappa shape index (κ2) is 11.4. The summed E-state index contributed by atoms with van der Waals surface area (Å²) in [5.41, 5.74) is 0.803. The third-order valence-electron chi connectivity index (χ3n) is 3.88. The van der Waals surface area contributed by atoms with Crippen molar-refractivity contribution < 1.29 is 23.9 Å². The first-order chi connectivity index (χ1) is 13.9. The van der Waals surface area contributed by atoms with Gasteiger partial charge in [-0.15, -0.1) is 11.3 Å². The normalized spacial score (nSPS) is 10.3. The average molecular weight is 439 g/mol. The smallest absolute Gasteiger partial charge is 0.257 e. The predicted molar refractivity (Wildman–Crippen MR) is 112 cm³/mol. The van der Waals surface area contributed by atoms with Crippen LogP contribution in [-0.2, 0) is 16.1 Å². The van der Waals surface area contributed by atoms with Gasteiger partial charge in [-0.05, 0) is 36.8 Å². The Hall–Kier alpha value is -2.58. The van der Waals surface area contributed by atoms with Crippen LogP contribution in [0.5, 0.6) is 11.5 Å². The van der Waals surface area contributed by atoms with Crippen LogP contribution in [0.3, 0.4) is 0 Å². The van der Waals surface area contributed by atoms with E-state index in [1.807, 2.05) is 6.92 Å². The molecule has 0 atom stereocenters. The number of benzene rings is 1. The Labute approximate surface area is 178 Å². The largest absolute Gasteiger partial charge is 0.493 e. The van der Waals surface area contributed by atoms with Gasteiger partial charge in [-0.2, -0.15) is 0 Å². The molecule has 7 nitrogen and oxygen atoms in total. The molecule has 2 rings (SSSR count). The van der Waals surface area contributed by atoms with E-state index >= 15 is 0 Å². The summed E-state index contributed by atoms with van der Waals surface area (Å²) in [6, 6.07) is 8.51. The summed E-state index contributed by atoms with van der Waals surface area (Å²) in [5.74, 6) is 0.356. The second-order valence-corrected chi connectivity index (χ2v) is 7.75. The molecule has 0 saturated carbocycles. The maximum absolute atomic E-state index is 12.0. The molecular weight excluding hydrogens is 416 g/mol. The number of methoxy groups -OCH3 is 1. The Morgan fingerprint density at radius 1 is 1.03 bits per heavy atom. The van der Waals surface area contributed by atoms with Gasteiger partial charge in [0, 0.05) is 25.9 Å². The minimum atomic E-state index is -0.225. The number of ketones is 1. The molecule has 2 amide bonds. The Morgan fingerprint density at radius 2 is 1.83 bits per heavy atom. The molecule has 0 saturated heterocycles. The predicted octanol–water partition coefficient (Wildman–Crippen LogP) is 3.20. The molecule has 156 valence electrons. The van der Waals surface area contributed by atoms with Crippen molar-refractivity contribution in [2.75, 3.05) is 20.3 Å². The number of carbonyl (C=O) groups is 3. The van der Waals surface area contributed by atoms with Crippen LogP contribution in [-0.4, -0.2) is 37.9 Å². The van der Waals surface area contributed by atoms with Gasteiger partial charge in [0.25, 0.3) is 5.91 Å². The quantitative estimate of drug-likeness (QED) is 0.525. The first-order valence-corrected chi connectivity index (χ1v) is 10.2. The zero-order valence-corrected chi connectivity index (χ0v) is 17.8. The molecule has 0 radical (unpaired) electrons. The monoisotopic (exact) mass is 438 g/mol. The zero-order chi connectivity index (χ0) is 21.2. The van der Waals surface area contributed by atoms with E-state index in [0.29, 0.717) is 27.3 Å². The van der Waals surface area contributed by atoms with E-state index in [1.54, 1.807) is 30.3 Å². The Morgan fingerprint density at radius 3 is 2.48 bits per heavy atom. The summed E-state index contributed by atoms with van der Waals surface area (Å²) in [4.78, 5) is 36.1. The molecule has 0 aliphatic heterocycles. The number of hydrogen-bond acceptors (Lipinski definition) is 6. The van der Waals surface area contributed by atoms with E-state index < -0.39 is 0 Å². The fourth-order valence-electron chi connectivity index (χ4n) is 2.44. The van der Waals surface area contributed by atoms with Crippen LogP contribution in [0.1, 0.15) is 35.0 Å². The molecule has 2 aromatic rings. The van der Waals surface area contributed by atoms with Gasteiger partial charge in [0.1, 0.15) is 0 Å². The van der Waals surface area contributed by atoms with E-state index in [9.17, 15) is 14.4 Å². The summed E-state index contributed by atoms with van der Waals surface area (Å²) < 4.78 is 11.3. The maximum atomic E-state index is 12.0. The number of hydrogen-bond donors (Lipinski definition) is 2. The van der Waals surface area contributed by atoms with Crippen molar-refractivity contribution in [1.29, 1.82) is 0 Å². The SMILES string of the molecule is CCNC(=O)COc1ccc(CNC(=O)CCC(=O)c2ccc(Cl)s2)cc1OC. The fourth-order valence-corrected chi connectivity index (χ4v) is 3.45. The van der Waals surface area contributed by atoms with Crippen LogP contribution in [0.15, 0.2) is 30.3 Å². The number of thiophene rings is 1. The fraction of sp³-hybridized carbons (Fsp3) is 0.350. The van der Waals surface area contributed by atoms with Gasteiger partial charge in [-0.3, -0.25) is 14.4 Å². The van der Waals surface area contributed by atoms with Crippen molar-refractivity contribution in [2.45, 2.75) is 26.3 Å². The van der Waals surface area contributed by atoms with Gasteiger partial charge in [-0.25, -0.2) is 0 Å². The minimum Gasteiger partial charge on any atom is -0.493 e. The highest BCUT2D eigenvalue weighted by Gasteiger charge is 2.12. The third kappa shape index (κ3) is 7.40. The number of carbonyl (C=O) groups excluding carboxylic acids is 3. The number of ether oxygens (including phenoxy) is 2. The summed E-state index contributed by atoms with van der Waals surface area (Å²) in [5, 5.41) is 5.42. The molecule has 29 heavy (non-hydrogen) atoms. The molecule has 0 aliphatic rings. The maximum Gasteiger partial charge on any atom is 0.257 e.